The lowest BCUT2D eigenvalue weighted by atomic mass is 9.95. The summed E-state index contributed by atoms with van der Waals surface area (Å²) in [4.78, 5) is 36.6. The first-order valence-corrected chi connectivity index (χ1v) is 24.5. The Morgan fingerprint density at radius 3 is 2.17 bits per heavy atom. The van der Waals surface area contributed by atoms with E-state index in [0.29, 0.717) is 23.0 Å². The Balaban J connectivity index is 1.42. The third-order valence-electron chi connectivity index (χ3n) is 9.86. The molecule has 366 valence electrons. The summed E-state index contributed by atoms with van der Waals surface area (Å²) in [6.07, 6.45) is -25.8. The van der Waals surface area contributed by atoms with E-state index in [4.69, 9.17) is 18.9 Å². The molecule has 3 fully saturated rings. The number of ether oxygens (including phenoxy) is 4. The van der Waals surface area contributed by atoms with Gasteiger partial charge in [-0.05, 0) is 37.5 Å². The van der Waals surface area contributed by atoms with Crippen LogP contribution in [0.1, 0.15) is 39.0 Å². The van der Waals surface area contributed by atoms with E-state index >= 15 is 0 Å². The average molecular weight is 997 g/mol. The molecule has 4 rings (SSSR count). The maximum Gasteiger partial charge on any atom is 0.224 e. The van der Waals surface area contributed by atoms with Crippen molar-refractivity contribution in [3.8, 4) is 0 Å². The highest BCUT2D eigenvalue weighted by atomic mass is 33.1. The quantitative estimate of drug-likeness (QED) is 0.0200. The lowest BCUT2D eigenvalue weighted by Gasteiger charge is -2.49. The number of nitrogens with one attached hydrogen (secondary N) is 3. The van der Waals surface area contributed by atoms with Gasteiger partial charge >= 0.3 is 0 Å². The number of carbonyl (C=O) groups excluding carboxylic acids is 3. The molecule has 26 nitrogen and oxygen atoms in total. The van der Waals surface area contributed by atoms with Crippen molar-refractivity contribution in [1.82, 2.24) is 5.32 Å². The monoisotopic (exact) mass is 996 g/mol. The molecule has 0 radical (unpaired) electrons. The number of unbranched alkanes of at least 4 members (excludes halogenated alkanes) is 1. The van der Waals surface area contributed by atoms with Crippen molar-refractivity contribution in [2.75, 3.05) is 36.1 Å². The molecule has 0 bridgehead atoms. The Morgan fingerprint density at radius 2 is 1.56 bits per heavy atom. The van der Waals surface area contributed by atoms with Crippen LogP contribution in [-0.2, 0) is 62.5 Å². The Morgan fingerprint density at radius 1 is 0.906 bits per heavy atom. The molecule has 0 saturated carbocycles. The van der Waals surface area contributed by atoms with Crippen molar-refractivity contribution in [2.45, 2.75) is 130 Å². The first-order valence-electron chi connectivity index (χ1n) is 19.4. The Bertz CT molecular complexity index is 1910. The van der Waals surface area contributed by atoms with Crippen LogP contribution in [0.15, 0.2) is 24.3 Å². The fourth-order valence-corrected chi connectivity index (χ4v) is 10.8. The minimum Gasteiger partial charge on any atom is -0.726 e. The standard InChI is InChI=1S/C34H53N3O23S4/c1-15(39)36-23-29(57-34-27(46)30(60-64(52,53)54)26(45)31(58-34)32(47)48)28(59-63(49,50)51)21(13-38)56-33(23)55-14-20(41)25(44)24(43)19(40)12-35-16-5-4-6-17(11-16)37-22(42)8-3-2-7-18-9-10-61-62-18/h4-6,11,18-21,23-31,33-35,38,40-41,43-46H,2-3,7-10,12-14H2,1H3,(H,36,39)(H,37,42)(H,47,48)(H,49,50,51)(H,52,53,54)/p-3/t18?,19-,20+,21+,23+,24+,25+,26-,27+,28-,29+,30-,31-,33-,34+/m0/s1. The van der Waals surface area contributed by atoms with Crippen LogP contribution in [0.5, 0.6) is 0 Å². The molecule has 3 saturated heterocycles. The van der Waals surface area contributed by atoms with Crippen molar-refractivity contribution in [1.29, 1.82) is 0 Å². The zero-order valence-electron chi connectivity index (χ0n) is 33.6. The molecular formula is C34H50N3O23S4-3. The van der Waals surface area contributed by atoms with E-state index in [-0.39, 0.29) is 5.91 Å². The number of aliphatic carboxylic acids is 1. The number of hydrogen-bond donors (Lipinski definition) is 10. The summed E-state index contributed by atoms with van der Waals surface area (Å²) in [5.74, 6) is -2.34. The number of amides is 2. The first-order chi connectivity index (χ1) is 30.0. The number of rotatable bonds is 24. The van der Waals surface area contributed by atoms with Crippen LogP contribution in [0.2, 0.25) is 0 Å². The molecule has 3 heterocycles. The summed E-state index contributed by atoms with van der Waals surface area (Å²) >= 11 is 0. The van der Waals surface area contributed by atoms with E-state index < -0.39 is 138 Å². The van der Waals surface area contributed by atoms with Crippen molar-refractivity contribution in [2.24, 2.45) is 0 Å². The lowest BCUT2D eigenvalue weighted by molar-refractivity contribution is -0.362. The van der Waals surface area contributed by atoms with Crippen LogP contribution >= 0.6 is 21.6 Å². The molecule has 3 aliphatic heterocycles. The van der Waals surface area contributed by atoms with Gasteiger partial charge in [0.05, 0.1) is 25.3 Å². The maximum atomic E-state index is 12.5. The van der Waals surface area contributed by atoms with Crippen LogP contribution in [0, 0.1) is 0 Å². The number of carboxylic acid groups (broad SMARTS) is 1. The van der Waals surface area contributed by atoms with Crippen LogP contribution in [0.3, 0.4) is 0 Å². The Hall–Kier alpha value is -2.57. The van der Waals surface area contributed by atoms with Crippen LogP contribution in [0.25, 0.3) is 0 Å². The van der Waals surface area contributed by atoms with Gasteiger partial charge in [-0.1, -0.05) is 34.1 Å². The molecule has 3 aliphatic rings. The van der Waals surface area contributed by atoms with Gasteiger partial charge in [-0.15, -0.1) is 0 Å². The van der Waals surface area contributed by atoms with Gasteiger partial charge in [0, 0.05) is 42.3 Å². The van der Waals surface area contributed by atoms with E-state index in [1.807, 2.05) is 21.6 Å². The molecule has 0 aliphatic carbocycles. The van der Waals surface area contributed by atoms with Crippen molar-refractivity contribution in [3.05, 3.63) is 24.3 Å². The topological polar surface area (TPSA) is 422 Å². The third kappa shape index (κ3) is 16.3. The highest BCUT2D eigenvalue weighted by molar-refractivity contribution is 8.77. The van der Waals surface area contributed by atoms with Gasteiger partial charge in [-0.3, -0.25) is 18.0 Å². The van der Waals surface area contributed by atoms with Gasteiger partial charge in [0.1, 0.15) is 67.1 Å². The van der Waals surface area contributed by atoms with Crippen LogP contribution in [-0.4, -0.2) is 196 Å². The van der Waals surface area contributed by atoms with Gasteiger partial charge in [-0.25, -0.2) is 16.8 Å². The maximum absolute atomic E-state index is 12.5. The molecule has 10 N–H and O–H groups in total. The summed E-state index contributed by atoms with van der Waals surface area (Å²) < 4.78 is 99.5. The number of carbonyl (C=O) groups is 3. The van der Waals surface area contributed by atoms with Gasteiger partial charge in [0.2, 0.25) is 32.6 Å². The molecule has 2 amide bonds. The van der Waals surface area contributed by atoms with E-state index in [9.17, 15) is 81.2 Å². The van der Waals surface area contributed by atoms with Crippen molar-refractivity contribution in [3.63, 3.8) is 0 Å². The summed E-state index contributed by atoms with van der Waals surface area (Å²) in [6.45, 7) is -1.85. The van der Waals surface area contributed by atoms with Gasteiger partial charge in [0.25, 0.3) is 0 Å². The fraction of sp³-hybridized carbons (Fsp3) is 0.735. The van der Waals surface area contributed by atoms with E-state index in [0.717, 1.165) is 38.4 Å². The number of aliphatic hydroxyl groups excluding tert-OH is 7. The normalized spacial score (nSPS) is 30.8. The van der Waals surface area contributed by atoms with Gasteiger partial charge < -0.3 is 89.7 Å². The molecule has 1 aromatic rings. The second-order valence-electron chi connectivity index (χ2n) is 14.7. The number of anilines is 2. The molecule has 1 aromatic carbocycles. The summed E-state index contributed by atoms with van der Waals surface area (Å²) in [5.41, 5.74) is 0.845. The van der Waals surface area contributed by atoms with Crippen molar-refractivity contribution < 1.29 is 108 Å². The Labute approximate surface area is 374 Å². The Kier molecular flexibility index (Phi) is 20.6. The molecule has 15 atom stereocenters. The second-order valence-corrected chi connectivity index (χ2v) is 19.6. The largest absolute Gasteiger partial charge is 0.726 e. The smallest absolute Gasteiger partial charge is 0.224 e. The van der Waals surface area contributed by atoms with Gasteiger partial charge in [0.15, 0.2) is 12.6 Å². The number of carboxylic acids is 1. The van der Waals surface area contributed by atoms with E-state index in [1.54, 1.807) is 24.3 Å². The SMILES string of the molecule is CC(=O)N[C@H]1[C@@H](OC[C@@H](O)[C@@H](O)[C@H](O)[C@@H](O)CNc2cccc(NC(=O)CCCCC3CCSS3)c2)O[C@H](CO)[C@H](OS(=O)(=O)[O-])[C@@H]1O[C@@H]1O[C@H](C(=O)[O-])[C@@H](O)[C@H](OS(=O)(=O)[O-])[C@H]1O. The number of hydrogen-bond acceptors (Lipinski definition) is 26. The molecule has 0 aromatic heterocycles. The van der Waals surface area contributed by atoms with Crippen molar-refractivity contribution >= 4 is 71.5 Å². The predicted octanol–water partition coefficient (Wildman–Crippen LogP) is -5.29. The fourth-order valence-electron chi connectivity index (χ4n) is 6.78. The summed E-state index contributed by atoms with van der Waals surface area (Å²) in [6, 6.07) is 4.41. The molecule has 1 unspecified atom stereocenters. The summed E-state index contributed by atoms with van der Waals surface area (Å²) in [5, 5.41) is 94.3. The highest BCUT2D eigenvalue weighted by Gasteiger charge is 2.54. The minimum atomic E-state index is -5.80. The van der Waals surface area contributed by atoms with Crippen LogP contribution < -0.4 is 21.1 Å². The summed E-state index contributed by atoms with van der Waals surface area (Å²) in [7, 11) is -7.87. The zero-order valence-corrected chi connectivity index (χ0v) is 36.9. The second kappa shape index (κ2) is 24.5. The number of benzene rings is 1. The van der Waals surface area contributed by atoms with Gasteiger partial charge in [-0.2, -0.15) is 0 Å². The molecule has 0 spiro atoms. The lowest BCUT2D eigenvalue weighted by Crippen LogP contribution is -2.69. The molecule has 30 heteroatoms. The van der Waals surface area contributed by atoms with Crippen LogP contribution in [0.4, 0.5) is 11.4 Å². The number of aliphatic hydroxyl groups is 7. The van der Waals surface area contributed by atoms with E-state index in [1.165, 1.54) is 0 Å². The predicted molar refractivity (Wildman–Crippen MR) is 214 cm³/mol. The molecule has 64 heavy (non-hydrogen) atoms. The zero-order chi connectivity index (χ0) is 47.5. The third-order valence-corrected chi connectivity index (χ3v) is 13.8. The first kappa shape index (κ1) is 54.0. The molecular weight excluding hydrogens is 947 g/mol. The van der Waals surface area contributed by atoms with E-state index in [2.05, 4.69) is 24.3 Å². The minimum absolute atomic E-state index is 0.190. The highest BCUT2D eigenvalue weighted by Crippen LogP contribution is 2.40. The average Bonchev–Trinajstić information content (AvgIpc) is 3.74.